The summed E-state index contributed by atoms with van der Waals surface area (Å²) in [6, 6.07) is 4.92. The Bertz CT molecular complexity index is 548. The molecule has 0 unspecified atom stereocenters. The predicted octanol–water partition coefficient (Wildman–Crippen LogP) is 2.04. The van der Waals surface area contributed by atoms with Crippen LogP contribution in [0.3, 0.4) is 0 Å². The van der Waals surface area contributed by atoms with E-state index in [0.29, 0.717) is 15.6 Å². The third kappa shape index (κ3) is 5.19. The number of guanidine groups is 1. The Kier molecular flexibility index (Phi) is 5.66. The summed E-state index contributed by atoms with van der Waals surface area (Å²) in [5.41, 5.74) is 5.84. The number of aliphatic imine (C=N–C) groups is 2. The lowest BCUT2D eigenvalue weighted by Crippen LogP contribution is -2.14. The molecule has 1 amide bonds. The van der Waals surface area contributed by atoms with Crippen LogP contribution in [0.25, 0.3) is 0 Å². The molecule has 1 aromatic carbocycles. The zero-order chi connectivity index (χ0) is 14.4. The van der Waals surface area contributed by atoms with Gasteiger partial charge in [0.1, 0.15) is 0 Å². The molecule has 0 atom stereocenters. The van der Waals surface area contributed by atoms with Crippen molar-refractivity contribution < 1.29 is 9.59 Å². The fourth-order valence-corrected chi connectivity index (χ4v) is 1.74. The molecule has 0 spiro atoms. The van der Waals surface area contributed by atoms with Crippen molar-refractivity contribution in [3.8, 4) is 0 Å². The number of nitrogens with zero attached hydrogens (tertiary/aromatic N) is 2. The van der Waals surface area contributed by atoms with Crippen molar-refractivity contribution in [3.63, 3.8) is 0 Å². The van der Waals surface area contributed by atoms with E-state index in [1.54, 1.807) is 18.2 Å². The molecule has 0 saturated heterocycles. The van der Waals surface area contributed by atoms with Crippen LogP contribution in [-0.4, -0.2) is 23.9 Å². The number of amides is 1. The smallest absolute Gasteiger partial charge is 0.253 e. The van der Waals surface area contributed by atoms with Crippen molar-refractivity contribution in [3.05, 3.63) is 33.8 Å². The van der Waals surface area contributed by atoms with Gasteiger partial charge in [-0.25, -0.2) is 4.99 Å². The Morgan fingerprint density at radius 2 is 1.89 bits per heavy atom. The van der Waals surface area contributed by atoms with Crippen LogP contribution in [0.2, 0.25) is 10.0 Å². The maximum atomic E-state index is 11.6. The van der Waals surface area contributed by atoms with Crippen LogP contribution in [-0.2, 0) is 16.0 Å². The van der Waals surface area contributed by atoms with E-state index in [9.17, 15) is 9.59 Å². The number of ketones is 1. The lowest BCUT2D eigenvalue weighted by molar-refractivity contribution is -0.117. The second-order valence-corrected chi connectivity index (χ2v) is 4.42. The monoisotopic (exact) mass is 299 g/mol. The Morgan fingerprint density at radius 1 is 1.32 bits per heavy atom. The number of carbonyl (C=O) groups is 2. The van der Waals surface area contributed by atoms with Crippen molar-refractivity contribution in [2.75, 3.05) is 0 Å². The Hall–Kier alpha value is -1.72. The maximum Gasteiger partial charge on any atom is 0.253 e. The molecule has 1 rings (SSSR count). The van der Waals surface area contributed by atoms with Gasteiger partial charge in [0.2, 0.25) is 5.96 Å². The van der Waals surface area contributed by atoms with E-state index in [0.717, 1.165) is 6.21 Å². The standard InChI is InChI=1S/C12H11Cl2N3O2/c1-7(18)6-16-12(15)17-11(19)5-8-9(13)3-2-4-10(8)14/h2-4,6H,5H2,1H3,(H2,15,17,19)/b16-6+. The normalized spacial score (nSPS) is 11.8. The highest BCUT2D eigenvalue weighted by Gasteiger charge is 2.10. The number of halogens is 2. The molecule has 19 heavy (non-hydrogen) atoms. The summed E-state index contributed by atoms with van der Waals surface area (Å²) in [7, 11) is 0. The molecule has 1 aromatic rings. The van der Waals surface area contributed by atoms with Crippen LogP contribution in [0.5, 0.6) is 0 Å². The lowest BCUT2D eigenvalue weighted by atomic mass is 10.1. The average Bonchev–Trinajstić information content (AvgIpc) is 2.31. The van der Waals surface area contributed by atoms with E-state index in [1.165, 1.54) is 6.92 Å². The summed E-state index contributed by atoms with van der Waals surface area (Å²) in [4.78, 5) is 29.3. The SMILES string of the molecule is CC(=O)/C=N/C(N)=NC(=O)Cc1c(Cl)cccc1Cl. The van der Waals surface area contributed by atoms with Crippen molar-refractivity contribution in [2.45, 2.75) is 13.3 Å². The van der Waals surface area contributed by atoms with Crippen LogP contribution in [0, 0.1) is 0 Å². The van der Waals surface area contributed by atoms with Gasteiger partial charge < -0.3 is 5.73 Å². The first-order valence-corrected chi connectivity index (χ1v) is 6.00. The van der Waals surface area contributed by atoms with E-state index in [2.05, 4.69) is 9.98 Å². The molecule has 0 radical (unpaired) electrons. The molecular weight excluding hydrogens is 289 g/mol. The van der Waals surface area contributed by atoms with E-state index in [-0.39, 0.29) is 18.2 Å². The summed E-state index contributed by atoms with van der Waals surface area (Å²) in [6.45, 7) is 1.31. The van der Waals surface area contributed by atoms with Crippen molar-refractivity contribution in [2.24, 2.45) is 15.7 Å². The second kappa shape index (κ2) is 7.01. The molecule has 7 heteroatoms. The summed E-state index contributed by atoms with van der Waals surface area (Å²) < 4.78 is 0. The van der Waals surface area contributed by atoms with Gasteiger partial charge in [-0.05, 0) is 17.7 Å². The second-order valence-electron chi connectivity index (χ2n) is 3.61. The van der Waals surface area contributed by atoms with Crippen LogP contribution in [0.15, 0.2) is 28.2 Å². The van der Waals surface area contributed by atoms with E-state index >= 15 is 0 Å². The Morgan fingerprint density at radius 3 is 2.42 bits per heavy atom. The predicted molar refractivity (Wildman–Crippen MR) is 76.0 cm³/mol. The number of Topliss-reactive ketones (excluding diaryl/α,β-unsaturated/α-hetero) is 1. The fourth-order valence-electron chi connectivity index (χ4n) is 1.21. The van der Waals surface area contributed by atoms with Crippen molar-refractivity contribution in [1.29, 1.82) is 0 Å². The molecule has 0 bridgehead atoms. The highest BCUT2D eigenvalue weighted by molar-refractivity contribution is 6.36. The summed E-state index contributed by atoms with van der Waals surface area (Å²) in [6.07, 6.45) is 0.892. The third-order valence-electron chi connectivity index (χ3n) is 2.01. The fraction of sp³-hybridized carbons (Fsp3) is 0.167. The highest BCUT2D eigenvalue weighted by Crippen LogP contribution is 2.24. The molecule has 5 nitrogen and oxygen atoms in total. The van der Waals surface area contributed by atoms with Crippen LogP contribution < -0.4 is 5.73 Å². The topological polar surface area (TPSA) is 84.9 Å². The molecular formula is C12H11Cl2N3O2. The third-order valence-corrected chi connectivity index (χ3v) is 2.72. The lowest BCUT2D eigenvalue weighted by Gasteiger charge is -2.03. The van der Waals surface area contributed by atoms with Gasteiger partial charge in [0, 0.05) is 17.0 Å². The van der Waals surface area contributed by atoms with E-state index in [1.807, 2.05) is 0 Å². The molecule has 100 valence electrons. The highest BCUT2D eigenvalue weighted by atomic mass is 35.5. The van der Waals surface area contributed by atoms with Gasteiger partial charge in [-0.15, -0.1) is 0 Å². The van der Waals surface area contributed by atoms with Crippen molar-refractivity contribution in [1.82, 2.24) is 0 Å². The summed E-state index contributed by atoms with van der Waals surface area (Å²) >= 11 is 11.8. The molecule has 0 aliphatic rings. The average molecular weight is 300 g/mol. The van der Waals surface area contributed by atoms with Gasteiger partial charge in [0.05, 0.1) is 12.6 Å². The van der Waals surface area contributed by atoms with Gasteiger partial charge in [0.25, 0.3) is 5.91 Å². The number of hydrogen-bond acceptors (Lipinski definition) is 2. The van der Waals surface area contributed by atoms with E-state index in [4.69, 9.17) is 28.9 Å². The van der Waals surface area contributed by atoms with E-state index < -0.39 is 5.91 Å². The van der Waals surface area contributed by atoms with Gasteiger partial charge >= 0.3 is 0 Å². The number of nitrogens with two attached hydrogens (primary N) is 1. The molecule has 0 saturated carbocycles. The first-order chi connectivity index (χ1) is 8.90. The van der Waals surface area contributed by atoms with Crippen molar-refractivity contribution >= 4 is 47.1 Å². The minimum atomic E-state index is -0.548. The Balaban J connectivity index is 2.81. The number of benzene rings is 1. The number of hydrogen-bond donors (Lipinski definition) is 1. The zero-order valence-corrected chi connectivity index (χ0v) is 11.6. The first-order valence-electron chi connectivity index (χ1n) is 5.24. The molecule has 0 aromatic heterocycles. The zero-order valence-electron chi connectivity index (χ0n) is 10.1. The first kappa shape index (κ1) is 15.3. The summed E-state index contributed by atoms with van der Waals surface area (Å²) in [5.74, 6) is -1.13. The number of carbonyl (C=O) groups excluding carboxylic acids is 2. The largest absolute Gasteiger partial charge is 0.368 e. The van der Waals surface area contributed by atoms with Gasteiger partial charge in [-0.2, -0.15) is 4.99 Å². The van der Waals surface area contributed by atoms with Crippen LogP contribution in [0.4, 0.5) is 0 Å². The maximum absolute atomic E-state index is 11.6. The minimum absolute atomic E-state index is 0.0885. The molecule has 2 N–H and O–H groups in total. The molecule has 0 fully saturated rings. The quantitative estimate of drug-likeness (QED) is 0.684. The van der Waals surface area contributed by atoms with Gasteiger partial charge in [-0.3, -0.25) is 9.59 Å². The molecule has 0 aliphatic heterocycles. The minimum Gasteiger partial charge on any atom is -0.368 e. The summed E-state index contributed by atoms with van der Waals surface area (Å²) in [5, 5.41) is 0.753. The molecule has 0 aliphatic carbocycles. The van der Waals surface area contributed by atoms with Gasteiger partial charge in [-0.1, -0.05) is 29.3 Å². The Labute approximate surface area is 120 Å². The molecule has 0 heterocycles. The van der Waals surface area contributed by atoms with Gasteiger partial charge in [0.15, 0.2) is 5.78 Å². The van der Waals surface area contributed by atoms with Crippen LogP contribution >= 0.6 is 23.2 Å². The van der Waals surface area contributed by atoms with Crippen LogP contribution in [0.1, 0.15) is 12.5 Å². The number of rotatable bonds is 3.